The van der Waals surface area contributed by atoms with Gasteiger partial charge in [-0.2, -0.15) is 4.31 Å². The number of anilines is 2. The normalized spacial score (nSPS) is 14.2. The number of fused-ring (bicyclic) bond motifs is 2. The number of benzene rings is 2. The van der Waals surface area contributed by atoms with Crippen LogP contribution in [0.4, 0.5) is 11.5 Å². The van der Waals surface area contributed by atoms with Crippen molar-refractivity contribution in [1.29, 1.82) is 0 Å². The van der Waals surface area contributed by atoms with Crippen molar-refractivity contribution in [2.24, 2.45) is 0 Å². The number of hydrogen-bond donors (Lipinski definition) is 1. The molecule has 0 radical (unpaired) electrons. The summed E-state index contributed by atoms with van der Waals surface area (Å²) in [4.78, 5) is 9.03. The van der Waals surface area contributed by atoms with Crippen molar-refractivity contribution in [2.75, 3.05) is 17.6 Å². The highest BCUT2D eigenvalue weighted by molar-refractivity contribution is 7.89. The Balaban J connectivity index is 1.32. The standard InChI is InChI=1S/C25H24N4O2S/c30-32(31,15-12-19-6-2-1-3-7-19)29-14-11-23-21(18-29)10-13-26-25(23)28-22-16-20-8-4-5-9-24(20)27-17-22/h1-10,13,16-17H,11-12,14-15,18H2,(H,26,28). The lowest BCUT2D eigenvalue weighted by Crippen LogP contribution is -2.38. The highest BCUT2D eigenvalue weighted by Gasteiger charge is 2.28. The number of rotatable bonds is 6. The van der Waals surface area contributed by atoms with E-state index in [1.165, 1.54) is 0 Å². The van der Waals surface area contributed by atoms with E-state index in [-0.39, 0.29) is 5.75 Å². The molecule has 2 aromatic heterocycles. The van der Waals surface area contributed by atoms with E-state index in [1.54, 1.807) is 16.7 Å². The molecule has 1 aliphatic heterocycles. The first-order valence-corrected chi connectivity index (χ1v) is 12.3. The van der Waals surface area contributed by atoms with Crippen molar-refractivity contribution in [3.05, 3.63) is 95.8 Å². The topological polar surface area (TPSA) is 75.2 Å². The number of nitrogens with zero attached hydrogens (tertiary/aromatic N) is 3. The van der Waals surface area contributed by atoms with E-state index in [1.807, 2.05) is 66.7 Å². The molecule has 0 spiro atoms. The van der Waals surface area contributed by atoms with Gasteiger partial charge in [-0.05, 0) is 42.2 Å². The van der Waals surface area contributed by atoms with Crippen LogP contribution >= 0.6 is 0 Å². The summed E-state index contributed by atoms with van der Waals surface area (Å²) in [5.74, 6) is 0.881. The summed E-state index contributed by atoms with van der Waals surface area (Å²) in [5.41, 5.74) is 4.90. The molecule has 0 atom stereocenters. The van der Waals surface area contributed by atoms with Crippen molar-refractivity contribution in [2.45, 2.75) is 19.4 Å². The molecule has 2 aromatic carbocycles. The van der Waals surface area contributed by atoms with Crippen molar-refractivity contribution < 1.29 is 8.42 Å². The maximum absolute atomic E-state index is 13.0. The minimum absolute atomic E-state index is 0.116. The van der Waals surface area contributed by atoms with Crippen LogP contribution in [0.15, 0.2) is 79.1 Å². The predicted molar refractivity (Wildman–Crippen MR) is 127 cm³/mol. The Kier molecular flexibility index (Phi) is 5.59. The highest BCUT2D eigenvalue weighted by atomic mass is 32.2. The van der Waals surface area contributed by atoms with E-state index in [2.05, 4.69) is 15.3 Å². The summed E-state index contributed by atoms with van der Waals surface area (Å²) in [7, 11) is -3.34. The van der Waals surface area contributed by atoms with Gasteiger partial charge in [0, 0.05) is 30.2 Å². The summed E-state index contributed by atoms with van der Waals surface area (Å²) in [6.45, 7) is 0.833. The molecule has 162 valence electrons. The van der Waals surface area contributed by atoms with E-state index in [4.69, 9.17) is 0 Å². The third-order valence-electron chi connectivity index (χ3n) is 5.85. The number of hydrogen-bond acceptors (Lipinski definition) is 5. The molecule has 0 amide bonds. The average Bonchev–Trinajstić information content (AvgIpc) is 2.83. The van der Waals surface area contributed by atoms with Crippen LogP contribution in [-0.4, -0.2) is 35.0 Å². The van der Waals surface area contributed by atoms with Crippen molar-refractivity contribution in [3.8, 4) is 0 Å². The number of nitrogens with one attached hydrogen (secondary N) is 1. The number of pyridine rings is 2. The molecule has 0 saturated heterocycles. The van der Waals surface area contributed by atoms with Gasteiger partial charge < -0.3 is 5.32 Å². The molecule has 7 heteroatoms. The van der Waals surface area contributed by atoms with Gasteiger partial charge in [-0.15, -0.1) is 0 Å². The Morgan fingerprint density at radius 3 is 2.66 bits per heavy atom. The number of aryl methyl sites for hydroxylation is 1. The minimum atomic E-state index is -3.34. The predicted octanol–water partition coefficient (Wildman–Crippen LogP) is 4.30. The molecule has 0 fully saturated rings. The first-order valence-electron chi connectivity index (χ1n) is 10.7. The van der Waals surface area contributed by atoms with Gasteiger partial charge in [-0.3, -0.25) is 4.98 Å². The van der Waals surface area contributed by atoms with Crippen molar-refractivity contribution in [1.82, 2.24) is 14.3 Å². The van der Waals surface area contributed by atoms with Crippen LogP contribution in [0.1, 0.15) is 16.7 Å². The quantitative estimate of drug-likeness (QED) is 0.480. The van der Waals surface area contributed by atoms with Crippen LogP contribution in [0, 0.1) is 0 Å². The second-order valence-corrected chi connectivity index (χ2v) is 10.1. The average molecular weight is 445 g/mol. The molecule has 3 heterocycles. The monoisotopic (exact) mass is 444 g/mol. The molecule has 1 N–H and O–H groups in total. The molecule has 0 aliphatic carbocycles. The first-order chi connectivity index (χ1) is 15.6. The van der Waals surface area contributed by atoms with Gasteiger partial charge in [0.15, 0.2) is 0 Å². The van der Waals surface area contributed by atoms with Gasteiger partial charge in [0.1, 0.15) is 5.82 Å². The van der Waals surface area contributed by atoms with Crippen LogP contribution in [0.3, 0.4) is 0 Å². The van der Waals surface area contributed by atoms with Crippen LogP contribution in [0.25, 0.3) is 10.9 Å². The Morgan fingerprint density at radius 1 is 0.969 bits per heavy atom. The minimum Gasteiger partial charge on any atom is -0.339 e. The van der Waals surface area contributed by atoms with E-state index in [0.717, 1.165) is 39.1 Å². The number of sulfonamides is 1. The van der Waals surface area contributed by atoms with Crippen LogP contribution < -0.4 is 5.32 Å². The van der Waals surface area contributed by atoms with Gasteiger partial charge in [-0.25, -0.2) is 13.4 Å². The fraction of sp³-hybridized carbons (Fsp3) is 0.200. The van der Waals surface area contributed by atoms with Crippen molar-refractivity contribution in [3.63, 3.8) is 0 Å². The summed E-state index contributed by atoms with van der Waals surface area (Å²) >= 11 is 0. The SMILES string of the molecule is O=S(=O)(CCc1ccccc1)N1CCc2c(ccnc2Nc2cnc3ccccc3c2)C1. The zero-order chi connectivity index (χ0) is 22.0. The van der Waals surface area contributed by atoms with Gasteiger partial charge in [0.25, 0.3) is 0 Å². The number of para-hydroxylation sites is 1. The zero-order valence-electron chi connectivity index (χ0n) is 17.6. The van der Waals surface area contributed by atoms with Crippen LogP contribution in [-0.2, 0) is 29.4 Å². The summed E-state index contributed by atoms with van der Waals surface area (Å²) in [6, 6.07) is 21.7. The first kappa shape index (κ1) is 20.6. The van der Waals surface area contributed by atoms with Crippen LogP contribution in [0.5, 0.6) is 0 Å². The molecule has 5 rings (SSSR count). The zero-order valence-corrected chi connectivity index (χ0v) is 18.4. The van der Waals surface area contributed by atoms with Crippen LogP contribution in [0.2, 0.25) is 0 Å². The molecule has 6 nitrogen and oxygen atoms in total. The summed E-state index contributed by atoms with van der Waals surface area (Å²) < 4.78 is 27.5. The summed E-state index contributed by atoms with van der Waals surface area (Å²) in [6.07, 6.45) is 4.67. The third-order valence-corrected chi connectivity index (χ3v) is 7.67. The van der Waals surface area contributed by atoms with E-state index in [0.29, 0.717) is 25.9 Å². The second kappa shape index (κ2) is 8.68. The molecule has 4 aromatic rings. The Morgan fingerprint density at radius 2 is 1.78 bits per heavy atom. The Labute approximate surface area is 188 Å². The van der Waals surface area contributed by atoms with E-state index in [9.17, 15) is 8.42 Å². The lowest BCUT2D eigenvalue weighted by molar-refractivity contribution is 0.391. The molecular weight excluding hydrogens is 420 g/mol. The highest BCUT2D eigenvalue weighted by Crippen LogP contribution is 2.29. The third kappa shape index (κ3) is 4.35. The van der Waals surface area contributed by atoms with Crippen molar-refractivity contribution >= 4 is 32.4 Å². The lowest BCUT2D eigenvalue weighted by Gasteiger charge is -2.29. The second-order valence-electron chi connectivity index (χ2n) is 7.97. The van der Waals surface area contributed by atoms with Gasteiger partial charge >= 0.3 is 0 Å². The smallest absolute Gasteiger partial charge is 0.214 e. The molecular formula is C25H24N4O2S. The molecule has 0 unspecified atom stereocenters. The Hall–Kier alpha value is -3.29. The maximum atomic E-state index is 13.0. The van der Waals surface area contributed by atoms with E-state index >= 15 is 0 Å². The maximum Gasteiger partial charge on any atom is 0.214 e. The molecule has 1 aliphatic rings. The lowest BCUT2D eigenvalue weighted by atomic mass is 10.0. The van der Waals surface area contributed by atoms with Gasteiger partial charge in [0.05, 0.1) is 23.2 Å². The number of aromatic nitrogens is 2. The fourth-order valence-corrected chi connectivity index (χ4v) is 5.56. The van der Waals surface area contributed by atoms with E-state index < -0.39 is 10.0 Å². The van der Waals surface area contributed by atoms with Gasteiger partial charge in [-0.1, -0.05) is 48.5 Å². The molecule has 0 bridgehead atoms. The van der Waals surface area contributed by atoms with Gasteiger partial charge in [0.2, 0.25) is 10.0 Å². The Bertz CT molecular complexity index is 1360. The summed E-state index contributed by atoms with van der Waals surface area (Å²) in [5, 5.41) is 4.44. The molecule has 32 heavy (non-hydrogen) atoms. The molecule has 0 saturated carbocycles. The largest absolute Gasteiger partial charge is 0.339 e. The fourth-order valence-electron chi connectivity index (χ4n) is 4.11.